The highest BCUT2D eigenvalue weighted by molar-refractivity contribution is 7.89. The molecule has 32 heavy (non-hydrogen) atoms. The molecule has 0 atom stereocenters. The van der Waals surface area contributed by atoms with Crippen LogP contribution in [-0.4, -0.2) is 73.8 Å². The van der Waals surface area contributed by atoms with E-state index in [2.05, 4.69) is 22.1 Å². The smallest absolute Gasteiger partial charge is 0.339 e. The summed E-state index contributed by atoms with van der Waals surface area (Å²) in [4.78, 5) is 31.1. The molecule has 10 heteroatoms. The number of nitrogens with one attached hydrogen (secondary N) is 1. The van der Waals surface area contributed by atoms with Crippen molar-refractivity contribution in [3.63, 3.8) is 0 Å². The molecule has 2 heterocycles. The van der Waals surface area contributed by atoms with Crippen LogP contribution in [0.2, 0.25) is 0 Å². The van der Waals surface area contributed by atoms with Crippen molar-refractivity contribution in [1.29, 1.82) is 0 Å². The van der Waals surface area contributed by atoms with Gasteiger partial charge < -0.3 is 15.0 Å². The topological polar surface area (TPSA) is 109 Å². The van der Waals surface area contributed by atoms with Gasteiger partial charge in [0.2, 0.25) is 10.0 Å². The standard InChI is InChI=1S/C22H28N4O5S/c1-4-25-11-13-26(14-12-25)32(29,30)18-8-6-7-17(15-18)24-21(27)20-10-9-19(16(3)23-20)22(28)31-5-2/h6-10,15H,4-5,11-14H2,1-3H3,(H,24,27). The summed E-state index contributed by atoms with van der Waals surface area (Å²) in [5.41, 5.74) is 1.12. The number of anilines is 1. The zero-order valence-electron chi connectivity index (χ0n) is 18.5. The van der Waals surface area contributed by atoms with Crippen LogP contribution < -0.4 is 5.32 Å². The fourth-order valence-corrected chi connectivity index (χ4v) is 4.95. The molecular weight excluding hydrogens is 432 g/mol. The fraction of sp³-hybridized carbons (Fsp3) is 0.409. The van der Waals surface area contributed by atoms with Gasteiger partial charge in [-0.15, -0.1) is 0 Å². The summed E-state index contributed by atoms with van der Waals surface area (Å²) < 4.78 is 32.5. The molecule has 1 aliphatic heterocycles. The third-order valence-electron chi connectivity index (χ3n) is 5.32. The van der Waals surface area contributed by atoms with E-state index in [0.717, 1.165) is 6.54 Å². The molecule has 172 valence electrons. The lowest BCUT2D eigenvalue weighted by molar-refractivity contribution is 0.0524. The van der Waals surface area contributed by atoms with E-state index in [-0.39, 0.29) is 17.2 Å². The fourth-order valence-electron chi connectivity index (χ4n) is 3.48. The van der Waals surface area contributed by atoms with Crippen LogP contribution in [0, 0.1) is 6.92 Å². The minimum atomic E-state index is -3.66. The van der Waals surface area contributed by atoms with Crippen LogP contribution >= 0.6 is 0 Å². The van der Waals surface area contributed by atoms with Crippen LogP contribution in [0.4, 0.5) is 5.69 Å². The van der Waals surface area contributed by atoms with Crippen molar-refractivity contribution in [2.75, 3.05) is 44.6 Å². The van der Waals surface area contributed by atoms with Gasteiger partial charge in [0, 0.05) is 31.9 Å². The number of pyridine rings is 1. The number of hydrogen-bond donors (Lipinski definition) is 1. The molecule has 1 saturated heterocycles. The van der Waals surface area contributed by atoms with Gasteiger partial charge in [-0.25, -0.2) is 18.2 Å². The van der Waals surface area contributed by atoms with Gasteiger partial charge in [0.1, 0.15) is 5.69 Å². The number of esters is 1. The maximum atomic E-state index is 13.0. The Hall–Kier alpha value is -2.82. The predicted molar refractivity (Wildman–Crippen MR) is 120 cm³/mol. The van der Waals surface area contributed by atoms with E-state index in [4.69, 9.17) is 4.74 Å². The molecule has 1 fully saturated rings. The molecule has 2 aromatic rings. The van der Waals surface area contributed by atoms with Crippen molar-refractivity contribution in [1.82, 2.24) is 14.2 Å². The Morgan fingerprint density at radius 1 is 1.09 bits per heavy atom. The van der Waals surface area contributed by atoms with E-state index in [9.17, 15) is 18.0 Å². The van der Waals surface area contributed by atoms with Crippen LogP contribution in [0.25, 0.3) is 0 Å². The molecule has 0 aliphatic carbocycles. The quantitative estimate of drug-likeness (QED) is 0.631. The highest BCUT2D eigenvalue weighted by Gasteiger charge is 2.28. The third kappa shape index (κ3) is 5.32. The number of aryl methyl sites for hydroxylation is 1. The van der Waals surface area contributed by atoms with E-state index in [1.807, 2.05) is 0 Å². The highest BCUT2D eigenvalue weighted by Crippen LogP contribution is 2.21. The number of ether oxygens (including phenoxy) is 1. The summed E-state index contributed by atoms with van der Waals surface area (Å²) in [6.45, 7) is 8.77. The molecule has 1 aliphatic rings. The maximum Gasteiger partial charge on any atom is 0.339 e. The second-order valence-electron chi connectivity index (χ2n) is 7.37. The summed E-state index contributed by atoms with van der Waals surface area (Å²) >= 11 is 0. The van der Waals surface area contributed by atoms with Crippen LogP contribution in [0.15, 0.2) is 41.3 Å². The van der Waals surface area contributed by atoms with Crippen molar-refractivity contribution in [2.24, 2.45) is 0 Å². The first kappa shape index (κ1) is 23.8. The Labute approximate surface area is 188 Å². The Morgan fingerprint density at radius 2 is 1.81 bits per heavy atom. The van der Waals surface area contributed by atoms with E-state index >= 15 is 0 Å². The number of sulfonamides is 1. The average molecular weight is 461 g/mol. The lowest BCUT2D eigenvalue weighted by Gasteiger charge is -2.33. The lowest BCUT2D eigenvalue weighted by Crippen LogP contribution is -2.48. The zero-order chi connectivity index (χ0) is 23.3. The van der Waals surface area contributed by atoms with Gasteiger partial charge in [-0.2, -0.15) is 4.31 Å². The number of carbonyl (C=O) groups is 2. The van der Waals surface area contributed by atoms with Gasteiger partial charge in [-0.1, -0.05) is 13.0 Å². The molecule has 9 nitrogen and oxygen atoms in total. The largest absolute Gasteiger partial charge is 0.462 e. The van der Waals surface area contributed by atoms with Crippen molar-refractivity contribution in [2.45, 2.75) is 25.7 Å². The summed E-state index contributed by atoms with van der Waals surface area (Å²) in [6, 6.07) is 9.10. The minimum absolute atomic E-state index is 0.111. The van der Waals surface area contributed by atoms with E-state index < -0.39 is 21.9 Å². The molecule has 1 N–H and O–H groups in total. The predicted octanol–water partition coefficient (Wildman–Crippen LogP) is 2.15. The van der Waals surface area contributed by atoms with Crippen LogP contribution in [-0.2, 0) is 14.8 Å². The average Bonchev–Trinajstić information content (AvgIpc) is 2.79. The number of carbonyl (C=O) groups excluding carboxylic acids is 2. The van der Waals surface area contributed by atoms with E-state index in [1.54, 1.807) is 26.0 Å². The van der Waals surface area contributed by atoms with Crippen molar-refractivity contribution >= 4 is 27.6 Å². The number of benzene rings is 1. The number of amides is 1. The molecule has 0 spiro atoms. The highest BCUT2D eigenvalue weighted by atomic mass is 32.2. The number of nitrogens with zero attached hydrogens (tertiary/aromatic N) is 3. The lowest BCUT2D eigenvalue weighted by atomic mass is 10.2. The van der Waals surface area contributed by atoms with E-state index in [0.29, 0.717) is 43.1 Å². The van der Waals surface area contributed by atoms with Gasteiger partial charge in [0.25, 0.3) is 5.91 Å². The summed E-state index contributed by atoms with van der Waals surface area (Å²) in [5.74, 6) is -1.00. The van der Waals surface area contributed by atoms with Gasteiger partial charge >= 0.3 is 5.97 Å². The second-order valence-corrected chi connectivity index (χ2v) is 9.31. The summed E-state index contributed by atoms with van der Waals surface area (Å²) in [6.07, 6.45) is 0. The Morgan fingerprint density at radius 3 is 2.44 bits per heavy atom. The molecule has 0 radical (unpaired) electrons. The molecule has 0 saturated carbocycles. The van der Waals surface area contributed by atoms with Gasteiger partial charge in [0.15, 0.2) is 0 Å². The first-order valence-corrected chi connectivity index (χ1v) is 12.0. The molecule has 0 unspecified atom stereocenters. The number of hydrogen-bond acceptors (Lipinski definition) is 7. The molecule has 0 bridgehead atoms. The molecule has 1 amide bonds. The molecule has 1 aromatic heterocycles. The van der Waals surface area contributed by atoms with Crippen LogP contribution in [0.5, 0.6) is 0 Å². The zero-order valence-corrected chi connectivity index (χ0v) is 19.3. The second kappa shape index (κ2) is 10.2. The summed E-state index contributed by atoms with van der Waals surface area (Å²) in [7, 11) is -3.66. The number of rotatable bonds is 7. The molecule has 1 aromatic carbocycles. The van der Waals surface area contributed by atoms with Crippen molar-refractivity contribution in [3.8, 4) is 0 Å². The van der Waals surface area contributed by atoms with E-state index in [1.165, 1.54) is 28.6 Å². The van der Waals surface area contributed by atoms with Gasteiger partial charge in [-0.3, -0.25) is 4.79 Å². The normalized spacial score (nSPS) is 15.3. The molecule has 3 rings (SSSR count). The van der Waals surface area contributed by atoms with Crippen LogP contribution in [0.1, 0.15) is 40.4 Å². The van der Waals surface area contributed by atoms with Crippen molar-refractivity contribution < 1.29 is 22.7 Å². The SMILES string of the molecule is CCOC(=O)c1ccc(C(=O)Nc2cccc(S(=O)(=O)N3CCN(CC)CC3)c2)nc1C. The first-order valence-electron chi connectivity index (χ1n) is 10.5. The monoisotopic (exact) mass is 460 g/mol. The number of piperazine rings is 1. The number of likely N-dealkylation sites (N-methyl/N-ethyl adjacent to an activating group) is 1. The third-order valence-corrected chi connectivity index (χ3v) is 7.22. The van der Waals surface area contributed by atoms with Gasteiger partial charge in [-0.05, 0) is 50.7 Å². The van der Waals surface area contributed by atoms with Gasteiger partial charge in [0.05, 0.1) is 22.8 Å². The van der Waals surface area contributed by atoms with Crippen LogP contribution in [0.3, 0.4) is 0 Å². The number of aromatic nitrogens is 1. The maximum absolute atomic E-state index is 13.0. The first-order chi connectivity index (χ1) is 15.3. The minimum Gasteiger partial charge on any atom is -0.462 e. The Bertz CT molecular complexity index is 1100. The summed E-state index contributed by atoms with van der Waals surface area (Å²) in [5, 5.41) is 2.68. The Balaban J connectivity index is 1.74. The molecular formula is C22H28N4O5S. The Kier molecular flexibility index (Phi) is 7.60. The van der Waals surface area contributed by atoms with Crippen molar-refractivity contribution in [3.05, 3.63) is 53.3 Å².